The lowest BCUT2D eigenvalue weighted by Crippen LogP contribution is -2.41. The summed E-state index contributed by atoms with van der Waals surface area (Å²) in [6.07, 6.45) is 3.65. The van der Waals surface area contributed by atoms with Crippen LogP contribution in [0.15, 0.2) is 30.5 Å². The number of ether oxygens (including phenoxy) is 1. The van der Waals surface area contributed by atoms with Gasteiger partial charge in [-0.2, -0.15) is 5.10 Å². The number of H-pyrrole nitrogens is 1. The maximum atomic E-state index is 10.3. The largest absolute Gasteiger partial charge is 0.491 e. The van der Waals surface area contributed by atoms with Gasteiger partial charge in [0.1, 0.15) is 18.5 Å². The highest BCUT2D eigenvalue weighted by Gasteiger charge is 2.23. The van der Waals surface area contributed by atoms with Crippen molar-refractivity contribution >= 4 is 0 Å². The van der Waals surface area contributed by atoms with E-state index in [0.29, 0.717) is 19.1 Å². The molecule has 0 aliphatic carbocycles. The second-order valence-electron chi connectivity index (χ2n) is 6.90. The number of aromatic nitrogens is 2. The van der Waals surface area contributed by atoms with E-state index in [9.17, 15) is 5.11 Å². The van der Waals surface area contributed by atoms with Crippen molar-refractivity contribution in [2.75, 3.05) is 26.2 Å². The molecule has 2 atom stereocenters. The number of aryl methyl sites for hydroxylation is 2. The third-order valence-corrected chi connectivity index (χ3v) is 4.57. The Hall–Kier alpha value is -1.85. The fraction of sp³-hybridized carbons (Fsp3) is 0.526. The molecule has 1 aromatic heterocycles. The summed E-state index contributed by atoms with van der Waals surface area (Å²) in [6, 6.07) is 8.18. The van der Waals surface area contributed by atoms with E-state index in [0.717, 1.165) is 25.3 Å². The fourth-order valence-corrected chi connectivity index (χ4v) is 3.53. The number of aromatic amines is 1. The Morgan fingerprint density at radius 2 is 2.12 bits per heavy atom. The topological polar surface area (TPSA) is 61.4 Å². The van der Waals surface area contributed by atoms with Gasteiger partial charge in [-0.1, -0.05) is 6.07 Å². The maximum Gasteiger partial charge on any atom is 0.119 e. The van der Waals surface area contributed by atoms with Crippen molar-refractivity contribution in [3.8, 4) is 5.75 Å². The molecule has 1 aliphatic heterocycles. The zero-order valence-electron chi connectivity index (χ0n) is 14.5. The number of nitrogens with one attached hydrogen (secondary N) is 1. The van der Waals surface area contributed by atoms with Gasteiger partial charge in [-0.3, -0.25) is 10.00 Å². The van der Waals surface area contributed by atoms with Crippen molar-refractivity contribution in [2.24, 2.45) is 0 Å². The van der Waals surface area contributed by atoms with Crippen molar-refractivity contribution in [3.05, 3.63) is 47.3 Å². The molecular formula is C19H27N3O2. The van der Waals surface area contributed by atoms with E-state index in [1.165, 1.54) is 23.2 Å². The molecule has 5 nitrogen and oxygen atoms in total. The lowest BCUT2D eigenvalue weighted by atomic mass is 9.95. The highest BCUT2D eigenvalue weighted by molar-refractivity contribution is 5.33. The Morgan fingerprint density at radius 3 is 2.83 bits per heavy atom. The summed E-state index contributed by atoms with van der Waals surface area (Å²) in [6.45, 7) is 7.08. The number of piperidine rings is 1. The SMILES string of the molecule is Cc1cc(C)cc(OC[C@@H](O)CN2CCC[C@@H](c3ccn[nH]3)C2)c1. The lowest BCUT2D eigenvalue weighted by Gasteiger charge is -2.33. The van der Waals surface area contributed by atoms with Crippen LogP contribution in [0.1, 0.15) is 35.6 Å². The van der Waals surface area contributed by atoms with Gasteiger partial charge in [0.2, 0.25) is 0 Å². The van der Waals surface area contributed by atoms with E-state index in [1.54, 1.807) is 6.20 Å². The average molecular weight is 329 g/mol. The van der Waals surface area contributed by atoms with E-state index >= 15 is 0 Å². The zero-order valence-corrected chi connectivity index (χ0v) is 14.5. The van der Waals surface area contributed by atoms with Gasteiger partial charge in [-0.25, -0.2) is 0 Å². The first-order valence-corrected chi connectivity index (χ1v) is 8.71. The second-order valence-corrected chi connectivity index (χ2v) is 6.90. The molecule has 0 amide bonds. The van der Waals surface area contributed by atoms with Crippen LogP contribution in [-0.4, -0.2) is 52.5 Å². The summed E-state index contributed by atoms with van der Waals surface area (Å²) in [5.41, 5.74) is 3.55. The summed E-state index contributed by atoms with van der Waals surface area (Å²) >= 11 is 0. The van der Waals surface area contributed by atoms with Crippen LogP contribution in [-0.2, 0) is 0 Å². The third kappa shape index (κ3) is 4.58. The van der Waals surface area contributed by atoms with Crippen LogP contribution in [0.4, 0.5) is 0 Å². The highest BCUT2D eigenvalue weighted by atomic mass is 16.5. The molecule has 2 N–H and O–H groups in total. The number of likely N-dealkylation sites (tertiary alicyclic amines) is 1. The first-order chi connectivity index (χ1) is 11.6. The molecule has 1 fully saturated rings. The number of β-amino-alcohol motifs (C(OH)–C–C–N with tert-alkyl or cyclic N) is 1. The number of hydrogen-bond acceptors (Lipinski definition) is 4. The maximum absolute atomic E-state index is 10.3. The monoisotopic (exact) mass is 329 g/mol. The summed E-state index contributed by atoms with van der Waals surface area (Å²) in [7, 11) is 0. The molecular weight excluding hydrogens is 302 g/mol. The minimum atomic E-state index is -0.480. The van der Waals surface area contributed by atoms with E-state index in [4.69, 9.17) is 4.74 Å². The third-order valence-electron chi connectivity index (χ3n) is 4.57. The number of aliphatic hydroxyl groups excluding tert-OH is 1. The summed E-state index contributed by atoms with van der Waals surface area (Å²) in [4.78, 5) is 2.32. The van der Waals surface area contributed by atoms with E-state index < -0.39 is 6.10 Å². The molecule has 5 heteroatoms. The summed E-state index contributed by atoms with van der Waals surface area (Å²) in [5.74, 6) is 1.31. The van der Waals surface area contributed by atoms with Crippen LogP contribution in [0.2, 0.25) is 0 Å². The summed E-state index contributed by atoms with van der Waals surface area (Å²) < 4.78 is 5.78. The first-order valence-electron chi connectivity index (χ1n) is 8.71. The van der Waals surface area contributed by atoms with E-state index in [1.807, 2.05) is 18.2 Å². The van der Waals surface area contributed by atoms with Gasteiger partial charge >= 0.3 is 0 Å². The van der Waals surface area contributed by atoms with Gasteiger partial charge in [0, 0.05) is 30.9 Å². The lowest BCUT2D eigenvalue weighted by molar-refractivity contribution is 0.0580. The minimum absolute atomic E-state index is 0.327. The molecule has 1 saturated heterocycles. The van der Waals surface area contributed by atoms with E-state index in [-0.39, 0.29) is 0 Å². The van der Waals surface area contributed by atoms with Crippen LogP contribution < -0.4 is 4.74 Å². The molecule has 0 unspecified atom stereocenters. The molecule has 24 heavy (non-hydrogen) atoms. The van der Waals surface area contributed by atoms with Crippen LogP contribution in [0, 0.1) is 13.8 Å². The molecule has 0 radical (unpaired) electrons. The first kappa shape index (κ1) is 17.0. The van der Waals surface area contributed by atoms with Gasteiger partial charge in [-0.15, -0.1) is 0 Å². The Labute approximate surface area is 143 Å². The number of benzene rings is 1. The van der Waals surface area contributed by atoms with Gasteiger partial charge in [0.25, 0.3) is 0 Å². The van der Waals surface area contributed by atoms with Crippen molar-refractivity contribution in [1.29, 1.82) is 0 Å². The molecule has 0 saturated carbocycles. The van der Waals surface area contributed by atoms with Crippen molar-refractivity contribution < 1.29 is 9.84 Å². The van der Waals surface area contributed by atoms with E-state index in [2.05, 4.69) is 35.0 Å². The standard InChI is InChI=1S/C19H27N3O2/c1-14-8-15(2)10-18(9-14)24-13-17(23)12-22-7-3-4-16(11-22)19-5-6-20-21-19/h5-6,8-10,16-17,23H,3-4,7,11-13H2,1-2H3,(H,20,21)/t16-,17+/m1/s1. The second kappa shape index (κ2) is 7.81. The zero-order chi connectivity index (χ0) is 16.9. The predicted molar refractivity (Wildman–Crippen MR) is 94.4 cm³/mol. The molecule has 0 bridgehead atoms. The molecule has 3 rings (SSSR count). The number of hydrogen-bond donors (Lipinski definition) is 2. The van der Waals surface area contributed by atoms with Crippen LogP contribution in [0.5, 0.6) is 5.75 Å². The molecule has 130 valence electrons. The molecule has 2 heterocycles. The molecule has 2 aromatic rings. The van der Waals surface area contributed by atoms with Gasteiger partial charge in [0.05, 0.1) is 0 Å². The quantitative estimate of drug-likeness (QED) is 0.855. The molecule has 0 spiro atoms. The van der Waals surface area contributed by atoms with Crippen LogP contribution in [0.25, 0.3) is 0 Å². The molecule has 1 aromatic carbocycles. The Bertz CT molecular complexity index is 622. The van der Waals surface area contributed by atoms with Gasteiger partial charge < -0.3 is 9.84 Å². The Kier molecular flexibility index (Phi) is 5.53. The van der Waals surface area contributed by atoms with Gasteiger partial charge in [0.15, 0.2) is 0 Å². The number of rotatable bonds is 6. The normalized spacial score (nSPS) is 20.0. The fourth-order valence-electron chi connectivity index (χ4n) is 3.53. The molecule has 1 aliphatic rings. The van der Waals surface area contributed by atoms with Crippen LogP contribution in [0.3, 0.4) is 0 Å². The highest BCUT2D eigenvalue weighted by Crippen LogP contribution is 2.25. The van der Waals surface area contributed by atoms with Gasteiger partial charge in [-0.05, 0) is 62.6 Å². The number of aliphatic hydroxyl groups is 1. The van der Waals surface area contributed by atoms with Crippen molar-refractivity contribution in [3.63, 3.8) is 0 Å². The number of nitrogens with zero attached hydrogens (tertiary/aromatic N) is 2. The van der Waals surface area contributed by atoms with Crippen LogP contribution >= 0.6 is 0 Å². The smallest absolute Gasteiger partial charge is 0.119 e. The average Bonchev–Trinajstić information content (AvgIpc) is 3.07. The van der Waals surface area contributed by atoms with Crippen molar-refractivity contribution in [2.45, 2.75) is 38.7 Å². The predicted octanol–water partition coefficient (Wildman–Crippen LogP) is 2.65. The minimum Gasteiger partial charge on any atom is -0.491 e. The Morgan fingerprint density at radius 1 is 1.33 bits per heavy atom. The summed E-state index contributed by atoms with van der Waals surface area (Å²) in [5, 5.41) is 17.5. The van der Waals surface area contributed by atoms with Crippen molar-refractivity contribution in [1.82, 2.24) is 15.1 Å². The Balaban J connectivity index is 1.48.